The summed E-state index contributed by atoms with van der Waals surface area (Å²) in [5.41, 5.74) is 2.39. The van der Waals surface area contributed by atoms with Gasteiger partial charge in [-0.15, -0.1) is 0 Å². The van der Waals surface area contributed by atoms with E-state index in [4.69, 9.17) is 11.6 Å². The first-order valence-corrected chi connectivity index (χ1v) is 8.49. The molecule has 1 amide bonds. The van der Waals surface area contributed by atoms with Crippen molar-refractivity contribution in [3.8, 4) is 0 Å². The molecule has 0 aliphatic heterocycles. The Labute approximate surface area is 148 Å². The Bertz CT molecular complexity index is 681. The third kappa shape index (κ3) is 4.82. The largest absolute Gasteiger partial charge is 0.349 e. The molecule has 5 nitrogen and oxygen atoms in total. The summed E-state index contributed by atoms with van der Waals surface area (Å²) < 4.78 is 0. The topological polar surface area (TPSA) is 61.0 Å². The van der Waals surface area contributed by atoms with E-state index in [2.05, 4.69) is 29.4 Å². The Morgan fingerprint density at radius 3 is 2.67 bits per heavy atom. The Hall–Kier alpha value is -1.85. The van der Waals surface area contributed by atoms with Crippen molar-refractivity contribution < 1.29 is 4.79 Å². The molecule has 0 spiro atoms. The van der Waals surface area contributed by atoms with Gasteiger partial charge in [0.2, 0.25) is 0 Å². The van der Waals surface area contributed by atoms with E-state index in [0.29, 0.717) is 23.2 Å². The predicted molar refractivity (Wildman–Crippen MR) is 97.3 cm³/mol. The van der Waals surface area contributed by atoms with Gasteiger partial charge in [-0.25, -0.2) is 0 Å². The Balaban J connectivity index is 2.03. The van der Waals surface area contributed by atoms with Gasteiger partial charge in [0.15, 0.2) is 0 Å². The van der Waals surface area contributed by atoms with E-state index in [9.17, 15) is 4.79 Å². The second-order valence-corrected chi connectivity index (χ2v) is 6.99. The highest BCUT2D eigenvalue weighted by Gasteiger charge is 2.19. The number of carbonyl (C=O) groups is 1. The summed E-state index contributed by atoms with van der Waals surface area (Å²) in [5.74, 6) is 0.333. The number of hydrogen-bond donors (Lipinski definition) is 2. The van der Waals surface area contributed by atoms with Crippen molar-refractivity contribution in [3.05, 3.63) is 52.3 Å². The molecule has 0 bridgehead atoms. The molecule has 0 saturated heterocycles. The second-order valence-electron chi connectivity index (χ2n) is 6.59. The highest BCUT2D eigenvalue weighted by atomic mass is 35.5. The lowest BCUT2D eigenvalue weighted by Gasteiger charge is -2.25. The number of nitrogens with one attached hydrogen (secondary N) is 2. The average Bonchev–Trinajstić information content (AvgIpc) is 2.96. The summed E-state index contributed by atoms with van der Waals surface area (Å²) in [7, 11) is 3.94. The van der Waals surface area contributed by atoms with Crippen molar-refractivity contribution in [2.75, 3.05) is 20.6 Å². The molecule has 2 N–H and O–H groups in total. The minimum atomic E-state index is -0.180. The molecular weight excluding hydrogens is 324 g/mol. The summed E-state index contributed by atoms with van der Waals surface area (Å²) in [4.78, 5) is 14.4. The number of hydrogen-bond acceptors (Lipinski definition) is 3. The molecule has 0 aliphatic carbocycles. The van der Waals surface area contributed by atoms with Crippen molar-refractivity contribution in [2.45, 2.75) is 26.3 Å². The van der Waals surface area contributed by atoms with Gasteiger partial charge >= 0.3 is 0 Å². The number of nitrogens with zero attached hydrogens (tertiary/aromatic N) is 2. The zero-order valence-electron chi connectivity index (χ0n) is 14.6. The minimum absolute atomic E-state index is 0.00303. The summed E-state index contributed by atoms with van der Waals surface area (Å²) in [6.45, 7) is 4.72. The number of halogens is 1. The highest BCUT2D eigenvalue weighted by molar-refractivity contribution is 6.31. The summed E-state index contributed by atoms with van der Waals surface area (Å²) >= 11 is 6.29. The fourth-order valence-electron chi connectivity index (χ4n) is 2.62. The molecule has 1 unspecified atom stereocenters. The van der Waals surface area contributed by atoms with E-state index in [0.717, 1.165) is 17.7 Å². The van der Waals surface area contributed by atoms with E-state index in [1.165, 1.54) is 0 Å². The van der Waals surface area contributed by atoms with E-state index in [-0.39, 0.29) is 11.9 Å². The number of rotatable bonds is 7. The molecule has 0 radical (unpaired) electrons. The van der Waals surface area contributed by atoms with Gasteiger partial charge in [0, 0.05) is 17.3 Å². The van der Waals surface area contributed by atoms with Gasteiger partial charge in [-0.1, -0.05) is 43.6 Å². The Morgan fingerprint density at radius 1 is 1.33 bits per heavy atom. The minimum Gasteiger partial charge on any atom is -0.349 e. The third-order valence-corrected chi connectivity index (χ3v) is 4.18. The van der Waals surface area contributed by atoms with Crippen LogP contribution in [-0.4, -0.2) is 41.6 Å². The van der Waals surface area contributed by atoms with Gasteiger partial charge in [0.05, 0.1) is 6.04 Å². The smallest absolute Gasteiger partial charge is 0.271 e. The number of amides is 1. The molecule has 2 aromatic rings. The maximum Gasteiger partial charge on any atom is 0.271 e. The molecule has 0 saturated carbocycles. The lowest BCUT2D eigenvalue weighted by atomic mass is 10.1. The lowest BCUT2D eigenvalue weighted by molar-refractivity contribution is 0.0937. The van der Waals surface area contributed by atoms with Crippen LogP contribution in [0.5, 0.6) is 0 Å². The zero-order valence-corrected chi connectivity index (χ0v) is 15.4. The van der Waals surface area contributed by atoms with Gasteiger partial charge in [-0.05, 0) is 44.1 Å². The van der Waals surface area contributed by atoms with E-state index in [1.807, 2.05) is 49.3 Å². The number of likely N-dealkylation sites (N-methyl/N-ethyl adjacent to an activating group) is 1. The van der Waals surface area contributed by atoms with Crippen molar-refractivity contribution in [2.24, 2.45) is 5.92 Å². The fourth-order valence-corrected chi connectivity index (χ4v) is 2.88. The quantitative estimate of drug-likeness (QED) is 0.807. The van der Waals surface area contributed by atoms with Gasteiger partial charge in [-0.2, -0.15) is 5.10 Å². The summed E-state index contributed by atoms with van der Waals surface area (Å²) in [5, 5.41) is 10.7. The molecule has 1 aromatic heterocycles. The monoisotopic (exact) mass is 348 g/mol. The van der Waals surface area contributed by atoms with Crippen LogP contribution >= 0.6 is 11.6 Å². The van der Waals surface area contributed by atoms with E-state index >= 15 is 0 Å². The number of H-pyrrole nitrogens is 1. The molecular formula is C18H25ClN4O. The number of aromatic nitrogens is 2. The van der Waals surface area contributed by atoms with Gasteiger partial charge < -0.3 is 10.2 Å². The van der Waals surface area contributed by atoms with Crippen LogP contribution in [0.3, 0.4) is 0 Å². The molecule has 6 heteroatoms. The molecule has 1 heterocycles. The number of aromatic amines is 1. The predicted octanol–water partition coefficient (Wildman–Crippen LogP) is 3.29. The van der Waals surface area contributed by atoms with Crippen molar-refractivity contribution >= 4 is 17.5 Å². The van der Waals surface area contributed by atoms with Crippen molar-refractivity contribution in [1.82, 2.24) is 20.4 Å². The Morgan fingerprint density at radius 2 is 2.04 bits per heavy atom. The molecule has 0 fully saturated rings. The van der Waals surface area contributed by atoms with Crippen molar-refractivity contribution in [3.63, 3.8) is 0 Å². The molecule has 1 atom stereocenters. The maximum atomic E-state index is 12.3. The molecule has 24 heavy (non-hydrogen) atoms. The maximum absolute atomic E-state index is 12.3. The average molecular weight is 349 g/mol. The summed E-state index contributed by atoms with van der Waals surface area (Å²) in [6.07, 6.45) is 0.875. The van der Waals surface area contributed by atoms with Crippen LogP contribution < -0.4 is 5.32 Å². The second kappa shape index (κ2) is 8.31. The third-order valence-electron chi connectivity index (χ3n) is 3.84. The first kappa shape index (κ1) is 18.5. The van der Waals surface area contributed by atoms with Crippen LogP contribution in [0.15, 0.2) is 30.3 Å². The zero-order chi connectivity index (χ0) is 17.7. The van der Waals surface area contributed by atoms with Gasteiger partial charge in [-0.3, -0.25) is 9.89 Å². The van der Waals surface area contributed by atoms with Crippen LogP contribution in [0.2, 0.25) is 5.02 Å². The van der Waals surface area contributed by atoms with Gasteiger partial charge in [0.25, 0.3) is 5.91 Å². The number of carbonyl (C=O) groups excluding carboxylic acids is 1. The SMILES string of the molecule is CC(C)Cc1cc(C(=O)NCC(c2ccccc2Cl)N(C)C)n[nH]1. The summed E-state index contributed by atoms with van der Waals surface area (Å²) in [6, 6.07) is 9.50. The van der Waals surface area contributed by atoms with Crippen LogP contribution in [0.1, 0.15) is 41.6 Å². The van der Waals surface area contributed by atoms with Crippen LogP contribution in [0.25, 0.3) is 0 Å². The van der Waals surface area contributed by atoms with E-state index < -0.39 is 0 Å². The highest BCUT2D eigenvalue weighted by Crippen LogP contribution is 2.25. The van der Waals surface area contributed by atoms with Crippen LogP contribution in [-0.2, 0) is 6.42 Å². The fraction of sp³-hybridized carbons (Fsp3) is 0.444. The van der Waals surface area contributed by atoms with Gasteiger partial charge in [0.1, 0.15) is 5.69 Å². The normalized spacial score (nSPS) is 12.6. The molecule has 130 valence electrons. The van der Waals surface area contributed by atoms with Crippen LogP contribution in [0, 0.1) is 5.92 Å². The molecule has 0 aliphatic rings. The first-order valence-electron chi connectivity index (χ1n) is 8.11. The standard InChI is InChI=1S/C18H25ClN4O/c1-12(2)9-13-10-16(22-21-13)18(24)20-11-17(23(3)4)14-7-5-6-8-15(14)19/h5-8,10,12,17H,9,11H2,1-4H3,(H,20,24)(H,21,22). The Kier molecular flexibility index (Phi) is 6.40. The molecule has 1 aromatic carbocycles. The first-order chi connectivity index (χ1) is 11.4. The number of benzene rings is 1. The van der Waals surface area contributed by atoms with E-state index in [1.54, 1.807) is 0 Å². The molecule has 2 rings (SSSR count). The lowest BCUT2D eigenvalue weighted by Crippen LogP contribution is -2.34. The van der Waals surface area contributed by atoms with Crippen LogP contribution in [0.4, 0.5) is 0 Å². The van der Waals surface area contributed by atoms with Crippen molar-refractivity contribution in [1.29, 1.82) is 0 Å².